The summed E-state index contributed by atoms with van der Waals surface area (Å²) in [4.78, 5) is 10.8. The molecule has 1 N–H and O–H groups in total. The van der Waals surface area contributed by atoms with Crippen molar-refractivity contribution in [3.8, 4) is 0 Å². The minimum absolute atomic E-state index is 0.336. The van der Waals surface area contributed by atoms with Crippen LogP contribution in [0.5, 0.6) is 0 Å². The summed E-state index contributed by atoms with van der Waals surface area (Å²) in [7, 11) is 0. The molecule has 0 bridgehead atoms. The lowest BCUT2D eigenvalue weighted by Gasteiger charge is -2.21. The highest BCUT2D eigenvalue weighted by Crippen LogP contribution is 2.32. The molecule has 0 aliphatic carbocycles. The van der Waals surface area contributed by atoms with E-state index in [1.54, 1.807) is 12.1 Å². The molecule has 98 valence electrons. The SMILES string of the molecule is CC(c1ccccc1)C(C)c1ccc(C(=O)O)cc1. The number of carboxylic acid groups (broad SMARTS) is 1. The van der Waals surface area contributed by atoms with Crippen molar-refractivity contribution in [3.05, 3.63) is 71.3 Å². The summed E-state index contributed by atoms with van der Waals surface area (Å²) in [5.41, 5.74) is 2.81. The fraction of sp³-hybridized carbons (Fsp3) is 0.235. The van der Waals surface area contributed by atoms with Crippen LogP contribution in [0.15, 0.2) is 54.6 Å². The number of hydrogen-bond donors (Lipinski definition) is 1. The van der Waals surface area contributed by atoms with Crippen molar-refractivity contribution < 1.29 is 9.90 Å². The van der Waals surface area contributed by atoms with Gasteiger partial charge in [-0.25, -0.2) is 4.79 Å². The molecule has 0 fully saturated rings. The molecule has 0 saturated heterocycles. The Kier molecular flexibility index (Phi) is 4.00. The van der Waals surface area contributed by atoms with Gasteiger partial charge in [-0.15, -0.1) is 0 Å². The summed E-state index contributed by atoms with van der Waals surface area (Å²) in [5.74, 6) is -0.127. The van der Waals surface area contributed by atoms with Crippen LogP contribution in [0.2, 0.25) is 0 Å². The normalized spacial score (nSPS) is 13.8. The van der Waals surface area contributed by atoms with Crippen LogP contribution in [-0.4, -0.2) is 11.1 Å². The topological polar surface area (TPSA) is 37.3 Å². The third-order valence-corrected chi connectivity index (χ3v) is 3.76. The smallest absolute Gasteiger partial charge is 0.335 e. The van der Waals surface area contributed by atoms with E-state index in [1.807, 2.05) is 30.3 Å². The van der Waals surface area contributed by atoms with Gasteiger partial charge < -0.3 is 5.11 Å². The van der Waals surface area contributed by atoms with E-state index in [4.69, 9.17) is 5.11 Å². The van der Waals surface area contributed by atoms with E-state index >= 15 is 0 Å². The Hall–Kier alpha value is -2.09. The number of aromatic carboxylic acids is 1. The number of carbonyl (C=O) groups is 1. The molecule has 2 heteroatoms. The second-order valence-electron chi connectivity index (χ2n) is 4.92. The molecule has 0 saturated carbocycles. The highest BCUT2D eigenvalue weighted by Gasteiger charge is 2.16. The van der Waals surface area contributed by atoms with Crippen LogP contribution in [0, 0.1) is 0 Å². The minimum atomic E-state index is -0.879. The first-order valence-corrected chi connectivity index (χ1v) is 6.48. The van der Waals surface area contributed by atoms with E-state index in [1.165, 1.54) is 11.1 Å². The Bertz CT molecular complexity index is 543. The summed E-state index contributed by atoms with van der Waals surface area (Å²) in [5, 5.41) is 8.90. The average molecular weight is 254 g/mol. The molecule has 0 amide bonds. The van der Waals surface area contributed by atoms with E-state index in [9.17, 15) is 4.79 Å². The summed E-state index contributed by atoms with van der Waals surface area (Å²) in [6, 6.07) is 17.5. The molecule has 0 aliphatic rings. The highest BCUT2D eigenvalue weighted by atomic mass is 16.4. The Labute approximate surface area is 113 Å². The first kappa shape index (κ1) is 13.3. The molecule has 2 atom stereocenters. The van der Waals surface area contributed by atoms with E-state index in [2.05, 4.69) is 26.0 Å². The lowest BCUT2D eigenvalue weighted by Crippen LogP contribution is -2.05. The Morgan fingerprint density at radius 2 is 1.32 bits per heavy atom. The van der Waals surface area contributed by atoms with Crippen LogP contribution in [0.4, 0.5) is 0 Å². The third kappa shape index (κ3) is 3.02. The molecular formula is C17H18O2. The predicted molar refractivity (Wildman–Crippen MR) is 76.7 cm³/mol. The summed E-state index contributed by atoms with van der Waals surface area (Å²) in [6.07, 6.45) is 0. The number of rotatable bonds is 4. The third-order valence-electron chi connectivity index (χ3n) is 3.76. The van der Waals surface area contributed by atoms with Gasteiger partial charge in [-0.2, -0.15) is 0 Å². The van der Waals surface area contributed by atoms with Gasteiger partial charge >= 0.3 is 5.97 Å². The van der Waals surface area contributed by atoms with Crippen molar-refractivity contribution in [1.82, 2.24) is 0 Å². The maximum atomic E-state index is 10.8. The molecule has 2 aromatic rings. The van der Waals surface area contributed by atoms with Crippen LogP contribution in [0.3, 0.4) is 0 Å². The number of carboxylic acids is 1. The quantitative estimate of drug-likeness (QED) is 0.883. The zero-order chi connectivity index (χ0) is 13.8. The van der Waals surface area contributed by atoms with Gasteiger partial charge in [0.2, 0.25) is 0 Å². The molecule has 0 radical (unpaired) electrons. The zero-order valence-corrected chi connectivity index (χ0v) is 11.2. The van der Waals surface area contributed by atoms with Gasteiger partial charge in [-0.1, -0.05) is 56.3 Å². The lowest BCUT2D eigenvalue weighted by molar-refractivity contribution is 0.0697. The monoisotopic (exact) mass is 254 g/mol. The van der Waals surface area contributed by atoms with Crippen LogP contribution < -0.4 is 0 Å². The van der Waals surface area contributed by atoms with Crippen LogP contribution >= 0.6 is 0 Å². The first-order chi connectivity index (χ1) is 9.09. The number of benzene rings is 2. The van der Waals surface area contributed by atoms with Crippen molar-refractivity contribution in [2.45, 2.75) is 25.7 Å². The van der Waals surface area contributed by atoms with E-state index in [-0.39, 0.29) is 0 Å². The molecule has 2 aromatic carbocycles. The fourth-order valence-corrected chi connectivity index (χ4v) is 2.26. The van der Waals surface area contributed by atoms with Gasteiger partial charge in [0.15, 0.2) is 0 Å². The first-order valence-electron chi connectivity index (χ1n) is 6.48. The van der Waals surface area contributed by atoms with Gasteiger partial charge in [0, 0.05) is 0 Å². The fourth-order valence-electron chi connectivity index (χ4n) is 2.26. The molecule has 0 aromatic heterocycles. The number of hydrogen-bond acceptors (Lipinski definition) is 1. The van der Waals surface area contributed by atoms with Crippen molar-refractivity contribution in [3.63, 3.8) is 0 Å². The van der Waals surface area contributed by atoms with Crippen molar-refractivity contribution in [2.24, 2.45) is 0 Å². The molecule has 2 unspecified atom stereocenters. The molecule has 0 spiro atoms. The predicted octanol–water partition coefficient (Wildman–Crippen LogP) is 4.29. The largest absolute Gasteiger partial charge is 0.478 e. The molecule has 2 nitrogen and oxygen atoms in total. The van der Waals surface area contributed by atoms with Gasteiger partial charge in [0.05, 0.1) is 5.56 Å². The summed E-state index contributed by atoms with van der Waals surface area (Å²) < 4.78 is 0. The van der Waals surface area contributed by atoms with E-state index in [0.29, 0.717) is 17.4 Å². The molecule has 19 heavy (non-hydrogen) atoms. The lowest BCUT2D eigenvalue weighted by atomic mass is 9.84. The summed E-state index contributed by atoms with van der Waals surface area (Å²) >= 11 is 0. The van der Waals surface area contributed by atoms with Crippen molar-refractivity contribution in [1.29, 1.82) is 0 Å². The minimum Gasteiger partial charge on any atom is -0.478 e. The zero-order valence-electron chi connectivity index (χ0n) is 11.2. The Balaban J connectivity index is 2.19. The van der Waals surface area contributed by atoms with Crippen molar-refractivity contribution >= 4 is 5.97 Å². The average Bonchev–Trinajstić information content (AvgIpc) is 2.46. The van der Waals surface area contributed by atoms with E-state index < -0.39 is 5.97 Å². The standard InChI is InChI=1S/C17H18O2/c1-12(14-6-4-3-5-7-14)13(2)15-8-10-16(11-9-15)17(18)19/h3-13H,1-2H3,(H,18,19). The Morgan fingerprint density at radius 3 is 1.79 bits per heavy atom. The molecular weight excluding hydrogens is 236 g/mol. The van der Waals surface area contributed by atoms with Crippen LogP contribution in [0.25, 0.3) is 0 Å². The Morgan fingerprint density at radius 1 is 0.842 bits per heavy atom. The van der Waals surface area contributed by atoms with Crippen molar-refractivity contribution in [2.75, 3.05) is 0 Å². The second-order valence-corrected chi connectivity index (χ2v) is 4.92. The van der Waals surface area contributed by atoms with Crippen LogP contribution in [0.1, 0.15) is 47.2 Å². The van der Waals surface area contributed by atoms with Gasteiger partial charge in [0.1, 0.15) is 0 Å². The maximum Gasteiger partial charge on any atom is 0.335 e. The maximum absolute atomic E-state index is 10.8. The van der Waals surface area contributed by atoms with E-state index in [0.717, 1.165) is 0 Å². The molecule has 0 heterocycles. The van der Waals surface area contributed by atoms with Gasteiger partial charge in [-0.05, 0) is 35.1 Å². The highest BCUT2D eigenvalue weighted by molar-refractivity contribution is 5.87. The molecule has 0 aliphatic heterocycles. The summed E-state index contributed by atoms with van der Waals surface area (Å²) in [6.45, 7) is 4.37. The molecule has 2 rings (SSSR count). The van der Waals surface area contributed by atoms with Gasteiger partial charge in [0.25, 0.3) is 0 Å². The van der Waals surface area contributed by atoms with Crippen LogP contribution in [-0.2, 0) is 0 Å². The van der Waals surface area contributed by atoms with Gasteiger partial charge in [-0.3, -0.25) is 0 Å². The second kappa shape index (κ2) is 5.70.